The first-order valence-corrected chi connectivity index (χ1v) is 17.6. The number of carbonyl (C=O) groups excluding carboxylic acids is 1. The minimum atomic E-state index is -0.00372. The first kappa shape index (κ1) is 36.4. The van der Waals surface area contributed by atoms with Crippen LogP contribution < -0.4 is 15.6 Å². The van der Waals surface area contributed by atoms with E-state index < -0.39 is 0 Å². The zero-order valence-corrected chi connectivity index (χ0v) is 30.0. The van der Waals surface area contributed by atoms with Crippen LogP contribution in [0.15, 0.2) is 52.4 Å². The molecular weight excluding hydrogens is 579 g/mol. The first-order chi connectivity index (χ1) is 21.3. The first-order valence-electron chi connectivity index (χ1n) is 16.6. The van der Waals surface area contributed by atoms with Crippen LogP contribution in [0.1, 0.15) is 114 Å². The van der Waals surface area contributed by atoms with Crippen molar-refractivity contribution in [1.29, 1.82) is 0 Å². The Morgan fingerprint density at radius 2 is 1.71 bits per heavy atom. The van der Waals surface area contributed by atoms with Gasteiger partial charge in [0.15, 0.2) is 5.16 Å². The van der Waals surface area contributed by atoms with Crippen LogP contribution >= 0.6 is 11.8 Å². The summed E-state index contributed by atoms with van der Waals surface area (Å²) in [6, 6.07) is 14.9. The molecule has 0 saturated carbocycles. The topological polar surface area (TPSA) is 73.2 Å². The van der Waals surface area contributed by atoms with Gasteiger partial charge in [-0.15, -0.1) is 0 Å². The molecule has 0 spiro atoms. The zero-order valence-electron chi connectivity index (χ0n) is 29.1. The van der Waals surface area contributed by atoms with E-state index in [0.29, 0.717) is 31.1 Å². The molecule has 0 atom stereocenters. The average Bonchev–Trinajstić information content (AvgIpc) is 3.01. The number of hydrogen-bond acceptors (Lipinski definition) is 5. The summed E-state index contributed by atoms with van der Waals surface area (Å²) in [6.45, 7) is 18.9. The van der Waals surface area contributed by atoms with Crippen LogP contribution in [0.25, 0.3) is 0 Å². The Morgan fingerprint density at radius 3 is 2.40 bits per heavy atom. The maximum atomic E-state index is 13.1. The highest BCUT2D eigenvalue weighted by Crippen LogP contribution is 2.38. The van der Waals surface area contributed by atoms with Crippen molar-refractivity contribution in [2.24, 2.45) is 7.05 Å². The molecule has 0 aliphatic heterocycles. The van der Waals surface area contributed by atoms with E-state index in [9.17, 15) is 9.59 Å². The molecule has 0 radical (unpaired) electrons. The van der Waals surface area contributed by atoms with Crippen LogP contribution in [0.4, 0.5) is 0 Å². The summed E-state index contributed by atoms with van der Waals surface area (Å²) in [4.78, 5) is 30.2. The lowest BCUT2D eigenvalue weighted by Crippen LogP contribution is -2.26. The number of hydrogen-bond donors (Lipinski definition) is 1. The zero-order chi connectivity index (χ0) is 33.2. The molecule has 0 bridgehead atoms. The number of aromatic nitrogens is 2. The smallest absolute Gasteiger partial charge is 0.257 e. The summed E-state index contributed by atoms with van der Waals surface area (Å²) in [5, 5.41) is 3.74. The van der Waals surface area contributed by atoms with Gasteiger partial charge in [-0.2, -0.15) is 0 Å². The molecule has 1 aromatic heterocycles. The Labute approximate surface area is 275 Å². The van der Waals surface area contributed by atoms with Crippen molar-refractivity contribution in [1.82, 2.24) is 14.9 Å². The van der Waals surface area contributed by atoms with E-state index in [-0.39, 0.29) is 22.3 Å². The standard InChI is InChI=1S/C38H55N3O3S/c1-10-37(5,6)30-19-20-33(32(26-30)38(7,8)11-2)44-22-13-12-21-39-34(42)18-15-23-45-36-40-28(4)31(35(43)41(36)9)25-29-17-14-16-27(3)24-29/h14,16-17,19-20,24,26H,10-13,15,18,21-23,25H2,1-9H3,(H,39,42). The van der Waals surface area contributed by atoms with Crippen molar-refractivity contribution < 1.29 is 9.53 Å². The van der Waals surface area contributed by atoms with E-state index in [0.717, 1.165) is 60.4 Å². The summed E-state index contributed by atoms with van der Waals surface area (Å²) in [5.41, 5.74) is 6.60. The molecule has 45 heavy (non-hydrogen) atoms. The van der Waals surface area contributed by atoms with Gasteiger partial charge >= 0.3 is 0 Å². The van der Waals surface area contributed by atoms with Crippen LogP contribution in [-0.4, -0.2) is 34.4 Å². The quantitative estimate of drug-likeness (QED) is 0.0922. The normalized spacial score (nSPS) is 11.9. The van der Waals surface area contributed by atoms with Gasteiger partial charge in [-0.25, -0.2) is 4.98 Å². The van der Waals surface area contributed by atoms with E-state index in [1.165, 1.54) is 28.5 Å². The molecule has 0 aliphatic rings. The summed E-state index contributed by atoms with van der Waals surface area (Å²) >= 11 is 1.53. The van der Waals surface area contributed by atoms with Gasteiger partial charge in [0.25, 0.3) is 5.56 Å². The Kier molecular flexibility index (Phi) is 13.3. The van der Waals surface area contributed by atoms with Gasteiger partial charge in [0, 0.05) is 49.0 Å². The molecule has 0 saturated heterocycles. The predicted octanol–water partition coefficient (Wildman–Crippen LogP) is 8.21. The number of thioether (sulfide) groups is 1. The fraction of sp³-hybridized carbons (Fsp3) is 0.553. The van der Waals surface area contributed by atoms with E-state index in [2.05, 4.69) is 84.1 Å². The molecule has 7 heteroatoms. The fourth-order valence-electron chi connectivity index (χ4n) is 5.21. The molecule has 0 unspecified atom stereocenters. The Hall–Kier alpha value is -3.06. The minimum absolute atomic E-state index is 0.00372. The maximum Gasteiger partial charge on any atom is 0.257 e. The highest BCUT2D eigenvalue weighted by molar-refractivity contribution is 7.99. The highest BCUT2D eigenvalue weighted by Gasteiger charge is 2.26. The van der Waals surface area contributed by atoms with Gasteiger partial charge in [0.2, 0.25) is 5.91 Å². The van der Waals surface area contributed by atoms with Crippen LogP contribution in [0.2, 0.25) is 0 Å². The maximum absolute atomic E-state index is 13.1. The Balaban J connectivity index is 1.40. The number of rotatable bonds is 17. The van der Waals surface area contributed by atoms with Gasteiger partial charge in [0.1, 0.15) is 5.75 Å². The second-order valence-electron chi connectivity index (χ2n) is 13.5. The van der Waals surface area contributed by atoms with Crippen molar-refractivity contribution in [3.8, 4) is 5.75 Å². The summed E-state index contributed by atoms with van der Waals surface area (Å²) in [7, 11) is 1.78. The van der Waals surface area contributed by atoms with Crippen molar-refractivity contribution in [3.05, 3.63) is 86.3 Å². The third-order valence-corrected chi connectivity index (χ3v) is 10.3. The van der Waals surface area contributed by atoms with Gasteiger partial charge in [0.05, 0.1) is 6.61 Å². The van der Waals surface area contributed by atoms with Crippen LogP contribution in [0.5, 0.6) is 5.75 Å². The molecule has 0 aliphatic carbocycles. The van der Waals surface area contributed by atoms with Crippen molar-refractivity contribution in [2.45, 2.75) is 116 Å². The number of amides is 1. The van der Waals surface area contributed by atoms with Crippen LogP contribution in [0.3, 0.4) is 0 Å². The number of aryl methyl sites for hydroxylation is 2. The largest absolute Gasteiger partial charge is 0.493 e. The van der Waals surface area contributed by atoms with E-state index in [1.54, 1.807) is 11.6 Å². The molecule has 3 aromatic rings. The predicted molar refractivity (Wildman–Crippen MR) is 189 cm³/mol. The summed E-state index contributed by atoms with van der Waals surface area (Å²) in [6.07, 6.45) is 5.63. The summed E-state index contributed by atoms with van der Waals surface area (Å²) < 4.78 is 7.91. The molecule has 1 amide bonds. The Morgan fingerprint density at radius 1 is 0.978 bits per heavy atom. The van der Waals surface area contributed by atoms with E-state index >= 15 is 0 Å². The lowest BCUT2D eigenvalue weighted by atomic mass is 9.76. The number of carbonyl (C=O) groups is 1. The second-order valence-corrected chi connectivity index (χ2v) is 14.6. The van der Waals surface area contributed by atoms with Crippen LogP contribution in [0, 0.1) is 13.8 Å². The third kappa shape index (κ3) is 10.2. The fourth-order valence-corrected chi connectivity index (χ4v) is 6.16. The van der Waals surface area contributed by atoms with Gasteiger partial charge < -0.3 is 10.1 Å². The number of ether oxygens (including phenoxy) is 1. The van der Waals surface area contributed by atoms with Crippen LogP contribution in [-0.2, 0) is 29.1 Å². The Bertz CT molecular complexity index is 1490. The molecule has 3 rings (SSSR count). The molecule has 1 N–H and O–H groups in total. The number of nitrogens with one attached hydrogen (secondary N) is 1. The number of nitrogens with zero attached hydrogens (tertiary/aromatic N) is 2. The van der Waals surface area contributed by atoms with Crippen molar-refractivity contribution in [2.75, 3.05) is 18.9 Å². The number of unbranched alkanes of at least 4 members (excludes halogenated alkanes) is 1. The van der Waals surface area contributed by atoms with Crippen molar-refractivity contribution in [3.63, 3.8) is 0 Å². The van der Waals surface area contributed by atoms with Gasteiger partial charge in [-0.3, -0.25) is 14.2 Å². The second kappa shape index (κ2) is 16.5. The van der Waals surface area contributed by atoms with Gasteiger partial charge in [-0.05, 0) is 74.0 Å². The molecular formula is C38H55N3O3S. The molecule has 0 fully saturated rings. The van der Waals surface area contributed by atoms with E-state index in [4.69, 9.17) is 9.72 Å². The third-order valence-electron chi connectivity index (χ3n) is 9.20. The van der Waals surface area contributed by atoms with E-state index in [1.807, 2.05) is 19.1 Å². The minimum Gasteiger partial charge on any atom is -0.493 e. The van der Waals surface area contributed by atoms with Crippen molar-refractivity contribution >= 4 is 17.7 Å². The molecule has 2 aromatic carbocycles. The summed E-state index contributed by atoms with van der Waals surface area (Å²) in [5.74, 6) is 1.76. The molecule has 6 nitrogen and oxygen atoms in total. The van der Waals surface area contributed by atoms with Gasteiger partial charge in [-0.1, -0.05) is 95.3 Å². The lowest BCUT2D eigenvalue weighted by Gasteiger charge is -2.30. The average molecular weight is 634 g/mol. The highest BCUT2D eigenvalue weighted by atomic mass is 32.2. The molecule has 246 valence electrons. The number of benzene rings is 2. The monoisotopic (exact) mass is 633 g/mol. The molecule has 1 heterocycles. The lowest BCUT2D eigenvalue weighted by molar-refractivity contribution is -0.121. The SMILES string of the molecule is CCC(C)(C)c1ccc(OCCCCNC(=O)CCCSc2nc(C)c(Cc3cccc(C)c3)c(=O)n2C)c(C(C)(C)CC)c1.